The zero-order valence-electron chi connectivity index (χ0n) is 11.5. The zero-order chi connectivity index (χ0) is 15.3. The van der Waals surface area contributed by atoms with Gasteiger partial charge in [-0.25, -0.2) is 17.5 Å². The van der Waals surface area contributed by atoms with E-state index < -0.39 is 15.8 Å². The van der Waals surface area contributed by atoms with E-state index in [0.717, 1.165) is 5.56 Å². The summed E-state index contributed by atoms with van der Waals surface area (Å²) < 4.78 is 44.7. The van der Waals surface area contributed by atoms with Gasteiger partial charge in [0.2, 0.25) is 10.0 Å². The van der Waals surface area contributed by atoms with Gasteiger partial charge in [0.25, 0.3) is 0 Å². The first-order valence-electron chi connectivity index (χ1n) is 6.42. The molecule has 1 N–H and O–H groups in total. The second-order valence-corrected chi connectivity index (χ2v) is 6.29. The average Bonchev–Trinajstić information content (AvgIpc) is 2.44. The third-order valence-corrected chi connectivity index (χ3v) is 4.22. The molecule has 0 atom stereocenters. The molecule has 0 aliphatic heterocycles. The Kier molecular flexibility index (Phi) is 4.93. The van der Waals surface area contributed by atoms with Crippen LogP contribution in [0.5, 0.6) is 5.75 Å². The van der Waals surface area contributed by atoms with Crippen molar-refractivity contribution in [2.24, 2.45) is 0 Å². The van der Waals surface area contributed by atoms with Crippen LogP contribution in [0.1, 0.15) is 5.56 Å². The standard InChI is InChI=1S/C15H16FNO3S/c1-12-4-2-7-15(10-12)21(18,19)17-8-9-20-14-6-3-5-13(16)11-14/h2-7,10-11,17H,8-9H2,1H3. The van der Waals surface area contributed by atoms with Crippen LogP contribution in [0, 0.1) is 12.7 Å². The van der Waals surface area contributed by atoms with Crippen molar-refractivity contribution in [3.05, 3.63) is 59.9 Å². The molecule has 0 aliphatic carbocycles. The monoisotopic (exact) mass is 309 g/mol. The minimum atomic E-state index is -3.55. The fourth-order valence-electron chi connectivity index (χ4n) is 1.77. The molecule has 2 aromatic carbocycles. The molecular formula is C15H16FNO3S. The minimum Gasteiger partial charge on any atom is -0.492 e. The SMILES string of the molecule is Cc1cccc(S(=O)(=O)NCCOc2cccc(F)c2)c1. The van der Waals surface area contributed by atoms with Gasteiger partial charge < -0.3 is 4.74 Å². The first kappa shape index (κ1) is 15.5. The molecule has 2 rings (SSSR count). The van der Waals surface area contributed by atoms with Crippen molar-refractivity contribution in [2.45, 2.75) is 11.8 Å². The molecule has 112 valence electrons. The highest BCUT2D eigenvalue weighted by Gasteiger charge is 2.13. The Balaban J connectivity index is 1.88. The van der Waals surface area contributed by atoms with Gasteiger partial charge in [0.15, 0.2) is 0 Å². The summed E-state index contributed by atoms with van der Waals surface area (Å²) in [6.07, 6.45) is 0. The highest BCUT2D eigenvalue weighted by molar-refractivity contribution is 7.89. The Morgan fingerprint density at radius 2 is 1.90 bits per heavy atom. The topological polar surface area (TPSA) is 55.4 Å². The smallest absolute Gasteiger partial charge is 0.240 e. The summed E-state index contributed by atoms with van der Waals surface area (Å²) in [4.78, 5) is 0.216. The number of hydrogen-bond acceptors (Lipinski definition) is 3. The maximum atomic E-state index is 12.9. The van der Waals surface area contributed by atoms with E-state index in [1.54, 1.807) is 18.2 Å². The van der Waals surface area contributed by atoms with Crippen LogP contribution in [0.25, 0.3) is 0 Å². The second-order valence-electron chi connectivity index (χ2n) is 4.52. The van der Waals surface area contributed by atoms with E-state index >= 15 is 0 Å². The van der Waals surface area contributed by atoms with E-state index in [0.29, 0.717) is 5.75 Å². The van der Waals surface area contributed by atoms with E-state index in [4.69, 9.17) is 4.74 Å². The third kappa shape index (κ3) is 4.54. The van der Waals surface area contributed by atoms with Crippen molar-refractivity contribution in [3.63, 3.8) is 0 Å². The van der Waals surface area contributed by atoms with E-state index in [9.17, 15) is 12.8 Å². The van der Waals surface area contributed by atoms with Gasteiger partial charge in [-0.3, -0.25) is 0 Å². The summed E-state index contributed by atoms with van der Waals surface area (Å²) in [7, 11) is -3.55. The number of hydrogen-bond donors (Lipinski definition) is 1. The first-order chi connectivity index (χ1) is 9.97. The highest BCUT2D eigenvalue weighted by atomic mass is 32.2. The lowest BCUT2D eigenvalue weighted by atomic mass is 10.2. The molecule has 0 amide bonds. The van der Waals surface area contributed by atoms with Crippen LogP contribution in [0.4, 0.5) is 4.39 Å². The van der Waals surface area contributed by atoms with Crippen LogP contribution >= 0.6 is 0 Å². The van der Waals surface area contributed by atoms with E-state index in [1.807, 2.05) is 13.0 Å². The van der Waals surface area contributed by atoms with Crippen molar-refractivity contribution in [1.29, 1.82) is 0 Å². The van der Waals surface area contributed by atoms with Crippen LogP contribution in [0.2, 0.25) is 0 Å². The summed E-state index contributed by atoms with van der Waals surface area (Å²) >= 11 is 0. The first-order valence-corrected chi connectivity index (χ1v) is 7.90. The molecule has 21 heavy (non-hydrogen) atoms. The van der Waals surface area contributed by atoms with Crippen LogP contribution in [-0.4, -0.2) is 21.6 Å². The summed E-state index contributed by atoms with van der Waals surface area (Å²) in [6.45, 7) is 2.05. The number of sulfonamides is 1. The molecule has 0 fully saturated rings. The largest absolute Gasteiger partial charge is 0.492 e. The Bertz CT molecular complexity index is 716. The number of benzene rings is 2. The lowest BCUT2D eigenvalue weighted by Crippen LogP contribution is -2.28. The fraction of sp³-hybridized carbons (Fsp3) is 0.200. The Hall–Kier alpha value is -1.92. The number of ether oxygens (including phenoxy) is 1. The molecule has 4 nitrogen and oxygen atoms in total. The molecule has 0 saturated heterocycles. The Morgan fingerprint density at radius 3 is 2.62 bits per heavy atom. The van der Waals surface area contributed by atoms with E-state index in [-0.39, 0.29) is 18.0 Å². The molecule has 6 heteroatoms. The fourth-order valence-corrected chi connectivity index (χ4v) is 2.89. The molecule has 0 unspecified atom stereocenters. The predicted octanol–water partition coefficient (Wildman–Crippen LogP) is 2.49. The van der Waals surface area contributed by atoms with Gasteiger partial charge >= 0.3 is 0 Å². The van der Waals surface area contributed by atoms with Crippen molar-refractivity contribution in [1.82, 2.24) is 4.72 Å². The minimum absolute atomic E-state index is 0.104. The van der Waals surface area contributed by atoms with Gasteiger partial charge in [0, 0.05) is 12.6 Å². The normalized spacial score (nSPS) is 11.3. The maximum Gasteiger partial charge on any atom is 0.240 e. The third-order valence-electron chi connectivity index (χ3n) is 2.76. The average molecular weight is 309 g/mol. The van der Waals surface area contributed by atoms with Gasteiger partial charge in [0.1, 0.15) is 18.2 Å². The summed E-state index contributed by atoms with van der Waals surface area (Å²) in [5.41, 5.74) is 0.869. The quantitative estimate of drug-likeness (QED) is 0.834. The van der Waals surface area contributed by atoms with Gasteiger partial charge in [-0.05, 0) is 36.8 Å². The molecule has 0 saturated carbocycles. The summed E-state index contributed by atoms with van der Waals surface area (Å²) in [5, 5.41) is 0. The van der Waals surface area contributed by atoms with Crippen molar-refractivity contribution in [2.75, 3.05) is 13.2 Å². The second kappa shape index (κ2) is 6.69. The number of aryl methyl sites for hydroxylation is 1. The van der Waals surface area contributed by atoms with Crippen LogP contribution in [0.3, 0.4) is 0 Å². The van der Waals surface area contributed by atoms with Crippen LogP contribution in [0.15, 0.2) is 53.4 Å². The summed E-state index contributed by atoms with van der Waals surface area (Å²) in [5.74, 6) is -0.0300. The molecule has 0 heterocycles. The molecule has 0 spiro atoms. The molecule has 2 aromatic rings. The summed E-state index contributed by atoms with van der Waals surface area (Å²) in [6, 6.07) is 12.3. The molecule has 0 bridgehead atoms. The maximum absolute atomic E-state index is 12.9. The Morgan fingerprint density at radius 1 is 1.14 bits per heavy atom. The number of nitrogens with one attached hydrogen (secondary N) is 1. The lowest BCUT2D eigenvalue weighted by molar-refractivity contribution is 0.321. The van der Waals surface area contributed by atoms with Crippen LogP contribution in [-0.2, 0) is 10.0 Å². The molecule has 0 aliphatic rings. The predicted molar refractivity (Wildman–Crippen MR) is 78.3 cm³/mol. The molecular weight excluding hydrogens is 293 g/mol. The number of halogens is 1. The van der Waals surface area contributed by atoms with Gasteiger partial charge in [-0.2, -0.15) is 0 Å². The van der Waals surface area contributed by atoms with Crippen molar-refractivity contribution >= 4 is 10.0 Å². The van der Waals surface area contributed by atoms with Crippen LogP contribution < -0.4 is 9.46 Å². The van der Waals surface area contributed by atoms with Gasteiger partial charge in [-0.15, -0.1) is 0 Å². The van der Waals surface area contributed by atoms with E-state index in [1.165, 1.54) is 24.3 Å². The Labute approximate surface area is 123 Å². The van der Waals surface area contributed by atoms with Gasteiger partial charge in [-0.1, -0.05) is 18.2 Å². The number of rotatable bonds is 6. The zero-order valence-corrected chi connectivity index (χ0v) is 12.4. The van der Waals surface area contributed by atoms with Crippen molar-refractivity contribution < 1.29 is 17.5 Å². The highest BCUT2D eigenvalue weighted by Crippen LogP contribution is 2.12. The van der Waals surface area contributed by atoms with Gasteiger partial charge in [0.05, 0.1) is 4.90 Å². The molecule has 0 radical (unpaired) electrons. The van der Waals surface area contributed by atoms with Crippen molar-refractivity contribution in [3.8, 4) is 5.75 Å². The van der Waals surface area contributed by atoms with E-state index in [2.05, 4.69) is 4.72 Å². The molecule has 0 aromatic heterocycles. The lowest BCUT2D eigenvalue weighted by Gasteiger charge is -2.09.